The molecule has 40 heavy (non-hydrogen) atoms. The van der Waals surface area contributed by atoms with Crippen LogP contribution >= 0.6 is 0 Å². The molecule has 11 heteroatoms. The lowest BCUT2D eigenvalue weighted by Crippen LogP contribution is -2.41. The van der Waals surface area contributed by atoms with E-state index in [0.29, 0.717) is 32.4 Å². The number of carbonyl (C=O) groups excluding carboxylic acids is 2. The first-order chi connectivity index (χ1) is 19.3. The second-order valence-corrected chi connectivity index (χ2v) is 10.3. The van der Waals surface area contributed by atoms with Crippen LogP contribution in [0.25, 0.3) is 0 Å². The molecule has 1 atom stereocenters. The molecule has 0 saturated carbocycles. The average Bonchev–Trinajstić information content (AvgIpc) is 2.93. The summed E-state index contributed by atoms with van der Waals surface area (Å²) in [5.74, 6) is 0.0310. The lowest BCUT2D eigenvalue weighted by atomic mass is 10.0. The van der Waals surface area contributed by atoms with Crippen molar-refractivity contribution in [2.45, 2.75) is 115 Å². The number of carbonyl (C=O) groups is 3. The number of aromatic hydroxyl groups is 1. The van der Waals surface area contributed by atoms with E-state index in [1.54, 1.807) is 0 Å². The third kappa shape index (κ3) is 15.7. The van der Waals surface area contributed by atoms with Gasteiger partial charge in [-0.1, -0.05) is 70.6 Å². The highest BCUT2D eigenvalue weighted by molar-refractivity contribution is 5.94. The van der Waals surface area contributed by atoms with Gasteiger partial charge < -0.3 is 20.8 Å². The number of rotatable bonds is 24. The summed E-state index contributed by atoms with van der Waals surface area (Å²) in [5, 5.41) is 23.5. The van der Waals surface area contributed by atoms with Gasteiger partial charge in [0.15, 0.2) is 11.6 Å². The van der Waals surface area contributed by atoms with Gasteiger partial charge in [0.25, 0.3) is 5.91 Å². The molecule has 0 bridgehead atoms. The standard InChI is InChI=1S/C29H48F2N4O5/c30-26-22(18-19-24(36)27(26)31)28(38)34-21-14-11-9-7-5-3-1-2-4-6-8-10-12-17-25(37)33-20-15-13-16-23(35-32)29(39)40/h18-19,23,35-36H,1-17,20-21,32H2,(H,33,37)(H,34,38)(H,39,40). The zero-order valence-electron chi connectivity index (χ0n) is 23.6. The Morgan fingerprint density at radius 1 is 0.725 bits per heavy atom. The van der Waals surface area contributed by atoms with Crippen molar-refractivity contribution < 1.29 is 33.4 Å². The van der Waals surface area contributed by atoms with Crippen LogP contribution in [0, 0.1) is 11.6 Å². The molecule has 0 saturated heterocycles. The van der Waals surface area contributed by atoms with Gasteiger partial charge in [0.1, 0.15) is 6.04 Å². The Hall–Kier alpha value is -2.79. The molecule has 0 aliphatic heterocycles. The van der Waals surface area contributed by atoms with Crippen LogP contribution in [0.2, 0.25) is 0 Å². The average molecular weight is 571 g/mol. The number of aliphatic carboxylic acids is 1. The fourth-order valence-electron chi connectivity index (χ4n) is 4.43. The second kappa shape index (κ2) is 22.0. The molecule has 0 aromatic heterocycles. The van der Waals surface area contributed by atoms with E-state index in [1.807, 2.05) is 0 Å². The molecule has 1 aromatic carbocycles. The predicted molar refractivity (Wildman–Crippen MR) is 151 cm³/mol. The van der Waals surface area contributed by atoms with Crippen LogP contribution in [0.4, 0.5) is 8.78 Å². The van der Waals surface area contributed by atoms with E-state index < -0.39 is 40.9 Å². The first kappa shape index (κ1) is 35.2. The summed E-state index contributed by atoms with van der Waals surface area (Å²) in [7, 11) is 0. The van der Waals surface area contributed by atoms with E-state index in [4.69, 9.17) is 16.1 Å². The maximum absolute atomic E-state index is 13.7. The molecule has 228 valence electrons. The van der Waals surface area contributed by atoms with Gasteiger partial charge in [0.05, 0.1) is 5.56 Å². The first-order valence-corrected chi connectivity index (χ1v) is 14.7. The molecule has 9 nitrogen and oxygen atoms in total. The Morgan fingerprint density at radius 2 is 1.23 bits per heavy atom. The maximum Gasteiger partial charge on any atom is 0.322 e. The zero-order chi connectivity index (χ0) is 29.6. The number of carboxylic acid groups (broad SMARTS) is 1. The van der Waals surface area contributed by atoms with Crippen LogP contribution in [0.15, 0.2) is 12.1 Å². The van der Waals surface area contributed by atoms with Gasteiger partial charge in [-0.3, -0.25) is 20.2 Å². The number of phenols is 1. The van der Waals surface area contributed by atoms with E-state index in [-0.39, 0.29) is 5.91 Å². The smallest absolute Gasteiger partial charge is 0.322 e. The highest BCUT2D eigenvalue weighted by Gasteiger charge is 2.18. The fraction of sp³-hybridized carbons (Fsp3) is 0.690. The monoisotopic (exact) mass is 570 g/mol. The van der Waals surface area contributed by atoms with Crippen LogP contribution in [-0.2, 0) is 9.59 Å². The number of benzene rings is 1. The lowest BCUT2D eigenvalue weighted by Gasteiger charge is -2.10. The van der Waals surface area contributed by atoms with Gasteiger partial charge in [0, 0.05) is 19.5 Å². The van der Waals surface area contributed by atoms with Gasteiger partial charge in [-0.05, 0) is 44.2 Å². The number of unbranched alkanes of at least 4 members (excludes halogenated alkanes) is 13. The summed E-state index contributed by atoms with van der Waals surface area (Å²) in [6.07, 6.45) is 16.7. The van der Waals surface area contributed by atoms with E-state index in [9.17, 15) is 23.2 Å². The summed E-state index contributed by atoms with van der Waals surface area (Å²) in [6, 6.07) is 1.29. The lowest BCUT2D eigenvalue weighted by molar-refractivity contribution is -0.139. The molecular formula is C29H48F2N4O5. The molecular weight excluding hydrogens is 522 g/mol. The second-order valence-electron chi connectivity index (χ2n) is 10.3. The SMILES string of the molecule is NNC(CCCCNC(=O)CCCCCCCCCCCCCCCNC(=O)c1ccc(O)c(F)c1F)C(=O)O. The van der Waals surface area contributed by atoms with Crippen molar-refractivity contribution in [2.24, 2.45) is 5.84 Å². The van der Waals surface area contributed by atoms with Crippen molar-refractivity contribution in [2.75, 3.05) is 13.1 Å². The van der Waals surface area contributed by atoms with Crippen molar-refractivity contribution in [3.8, 4) is 5.75 Å². The fourth-order valence-corrected chi connectivity index (χ4v) is 4.43. The summed E-state index contributed by atoms with van der Waals surface area (Å²) in [5.41, 5.74) is 1.86. The highest BCUT2D eigenvalue weighted by atomic mass is 19.2. The minimum absolute atomic E-state index is 0.0534. The third-order valence-electron chi connectivity index (χ3n) is 6.91. The summed E-state index contributed by atoms with van der Waals surface area (Å²) in [4.78, 5) is 34.7. The van der Waals surface area contributed by atoms with Gasteiger partial charge in [-0.15, -0.1) is 0 Å². The molecule has 1 rings (SSSR count). The number of hydrogen-bond donors (Lipinski definition) is 6. The van der Waals surface area contributed by atoms with Crippen molar-refractivity contribution in [3.05, 3.63) is 29.3 Å². The van der Waals surface area contributed by atoms with Gasteiger partial charge in [-0.25, -0.2) is 9.82 Å². The number of amides is 2. The van der Waals surface area contributed by atoms with Crippen molar-refractivity contribution in [1.29, 1.82) is 0 Å². The number of phenolic OH excluding ortho intramolecular Hbond substituents is 1. The molecule has 0 fully saturated rings. The summed E-state index contributed by atoms with van der Waals surface area (Å²) < 4.78 is 27.1. The molecule has 1 unspecified atom stereocenters. The third-order valence-corrected chi connectivity index (χ3v) is 6.91. The number of hydrazine groups is 1. The van der Waals surface area contributed by atoms with E-state index in [2.05, 4.69) is 16.1 Å². The maximum atomic E-state index is 13.7. The van der Waals surface area contributed by atoms with E-state index >= 15 is 0 Å². The summed E-state index contributed by atoms with van der Waals surface area (Å²) >= 11 is 0. The molecule has 0 aliphatic carbocycles. The number of halogens is 2. The van der Waals surface area contributed by atoms with E-state index in [0.717, 1.165) is 63.5 Å². The Kier molecular flexibility index (Phi) is 19.3. The van der Waals surface area contributed by atoms with Crippen LogP contribution in [0.1, 0.15) is 120 Å². The molecule has 0 radical (unpaired) electrons. The first-order valence-electron chi connectivity index (χ1n) is 14.7. The molecule has 1 aromatic rings. The largest absolute Gasteiger partial charge is 0.505 e. The Labute approximate surface area is 236 Å². The van der Waals surface area contributed by atoms with Crippen LogP contribution in [0.3, 0.4) is 0 Å². The number of carboxylic acids is 1. The van der Waals surface area contributed by atoms with Crippen LogP contribution in [0.5, 0.6) is 5.75 Å². The predicted octanol–water partition coefficient (Wildman–Crippen LogP) is 5.06. The molecule has 2 amide bonds. The van der Waals surface area contributed by atoms with Gasteiger partial charge in [-0.2, -0.15) is 4.39 Å². The van der Waals surface area contributed by atoms with Crippen molar-refractivity contribution >= 4 is 17.8 Å². The van der Waals surface area contributed by atoms with Gasteiger partial charge >= 0.3 is 5.97 Å². The summed E-state index contributed by atoms with van der Waals surface area (Å²) in [6.45, 7) is 0.956. The normalized spacial score (nSPS) is 11.8. The quantitative estimate of drug-likeness (QED) is 0.0576. The minimum Gasteiger partial charge on any atom is -0.505 e. The molecule has 0 spiro atoms. The Balaban J connectivity index is 1.84. The molecule has 0 heterocycles. The van der Waals surface area contributed by atoms with Crippen molar-refractivity contribution in [3.63, 3.8) is 0 Å². The van der Waals surface area contributed by atoms with Crippen molar-refractivity contribution in [1.82, 2.24) is 16.1 Å². The van der Waals surface area contributed by atoms with E-state index in [1.165, 1.54) is 38.5 Å². The minimum atomic E-state index is -1.41. The number of nitrogens with two attached hydrogens (primary N) is 1. The van der Waals surface area contributed by atoms with Gasteiger partial charge in [0.2, 0.25) is 11.7 Å². The Bertz CT molecular complexity index is 888. The van der Waals surface area contributed by atoms with Crippen LogP contribution < -0.4 is 21.9 Å². The number of hydrogen-bond acceptors (Lipinski definition) is 6. The number of nitrogens with one attached hydrogen (secondary N) is 3. The Morgan fingerprint density at radius 3 is 1.77 bits per heavy atom. The molecule has 0 aliphatic rings. The van der Waals surface area contributed by atoms with Crippen LogP contribution in [-0.4, -0.2) is 47.1 Å². The molecule has 7 N–H and O–H groups in total. The zero-order valence-corrected chi connectivity index (χ0v) is 23.6. The highest BCUT2D eigenvalue weighted by Crippen LogP contribution is 2.21. The topological polar surface area (TPSA) is 154 Å².